The quantitative estimate of drug-likeness (QED) is 0.679. The summed E-state index contributed by atoms with van der Waals surface area (Å²) in [5.74, 6) is -1.96. The molecule has 0 saturated carbocycles. The number of aromatic hydroxyl groups is 1. The third kappa shape index (κ3) is 4.80. The summed E-state index contributed by atoms with van der Waals surface area (Å²) in [5, 5.41) is 12.7. The molecule has 0 aliphatic heterocycles. The zero-order chi connectivity index (χ0) is 20.8. The van der Waals surface area contributed by atoms with Crippen molar-refractivity contribution >= 4 is 34.2 Å². The van der Waals surface area contributed by atoms with E-state index in [0.717, 1.165) is 10.4 Å². The molecule has 28 heavy (non-hydrogen) atoms. The van der Waals surface area contributed by atoms with Crippen LogP contribution < -0.4 is 10.1 Å². The number of ether oxygens (including phenoxy) is 3. The van der Waals surface area contributed by atoms with Gasteiger partial charge in [0.25, 0.3) is 5.91 Å². The van der Waals surface area contributed by atoms with Gasteiger partial charge in [0, 0.05) is 4.88 Å². The SMILES string of the molecule is CCOC(=O)c1c(NC(=O)COC(=O)c2cc(OC)ccc2O)sc(C)c1C. The van der Waals surface area contributed by atoms with E-state index in [1.165, 1.54) is 36.6 Å². The number of carbonyl (C=O) groups excluding carboxylic acids is 3. The lowest BCUT2D eigenvalue weighted by Gasteiger charge is -2.09. The number of hydrogen-bond donors (Lipinski definition) is 2. The Hall–Kier alpha value is -3.07. The molecule has 0 fully saturated rings. The van der Waals surface area contributed by atoms with E-state index in [2.05, 4.69) is 5.32 Å². The molecule has 2 rings (SSSR count). The molecule has 0 bridgehead atoms. The van der Waals surface area contributed by atoms with Crippen LogP contribution in [0.3, 0.4) is 0 Å². The number of phenolic OH excluding ortho intramolecular Hbond substituents is 1. The van der Waals surface area contributed by atoms with E-state index in [-0.39, 0.29) is 23.5 Å². The van der Waals surface area contributed by atoms with E-state index < -0.39 is 24.5 Å². The molecule has 0 saturated heterocycles. The van der Waals surface area contributed by atoms with Gasteiger partial charge in [-0.05, 0) is 44.5 Å². The predicted molar refractivity (Wildman–Crippen MR) is 103 cm³/mol. The molecule has 2 aromatic rings. The lowest BCUT2D eigenvalue weighted by atomic mass is 10.1. The van der Waals surface area contributed by atoms with Crippen LogP contribution in [0.1, 0.15) is 38.1 Å². The second-order valence-electron chi connectivity index (χ2n) is 5.72. The molecular formula is C19H21NO7S. The smallest absolute Gasteiger partial charge is 0.342 e. The van der Waals surface area contributed by atoms with Crippen molar-refractivity contribution in [2.24, 2.45) is 0 Å². The second-order valence-corrected chi connectivity index (χ2v) is 6.94. The Morgan fingerprint density at radius 2 is 1.86 bits per heavy atom. The molecule has 0 unspecified atom stereocenters. The number of benzene rings is 1. The normalized spacial score (nSPS) is 10.3. The molecule has 0 spiro atoms. The van der Waals surface area contributed by atoms with Crippen molar-refractivity contribution in [3.05, 3.63) is 39.8 Å². The molecule has 1 aromatic heterocycles. The number of anilines is 1. The Bertz CT molecular complexity index is 904. The summed E-state index contributed by atoms with van der Waals surface area (Å²) < 4.78 is 15.0. The number of carbonyl (C=O) groups is 3. The molecule has 2 N–H and O–H groups in total. The topological polar surface area (TPSA) is 111 Å². The average molecular weight is 407 g/mol. The van der Waals surface area contributed by atoms with Gasteiger partial charge in [0.05, 0.1) is 19.3 Å². The number of hydrogen-bond acceptors (Lipinski definition) is 8. The largest absolute Gasteiger partial charge is 0.507 e. The van der Waals surface area contributed by atoms with Crippen molar-refractivity contribution in [3.63, 3.8) is 0 Å². The monoisotopic (exact) mass is 407 g/mol. The summed E-state index contributed by atoms with van der Waals surface area (Å²) in [6.45, 7) is 4.90. The van der Waals surface area contributed by atoms with Crippen molar-refractivity contribution in [2.45, 2.75) is 20.8 Å². The second kappa shape index (κ2) is 9.23. The lowest BCUT2D eigenvalue weighted by Crippen LogP contribution is -2.22. The molecule has 1 heterocycles. The standard InChI is InChI=1S/C19H21NO7S/c1-5-26-19(24)16-10(2)11(3)28-17(16)20-15(22)9-27-18(23)13-8-12(25-4)6-7-14(13)21/h6-8,21H,5,9H2,1-4H3,(H,20,22). The van der Waals surface area contributed by atoms with E-state index in [4.69, 9.17) is 14.2 Å². The lowest BCUT2D eigenvalue weighted by molar-refractivity contribution is -0.119. The number of rotatable bonds is 7. The van der Waals surface area contributed by atoms with Crippen LogP contribution in [0.4, 0.5) is 5.00 Å². The number of thiophene rings is 1. The highest BCUT2D eigenvalue weighted by atomic mass is 32.1. The maximum absolute atomic E-state index is 12.2. The molecular weight excluding hydrogens is 386 g/mol. The molecule has 9 heteroatoms. The molecule has 150 valence electrons. The number of aryl methyl sites for hydroxylation is 1. The van der Waals surface area contributed by atoms with Gasteiger partial charge in [-0.1, -0.05) is 0 Å². The highest BCUT2D eigenvalue weighted by Crippen LogP contribution is 2.33. The zero-order valence-electron chi connectivity index (χ0n) is 16.0. The van der Waals surface area contributed by atoms with E-state index >= 15 is 0 Å². The molecule has 0 atom stereocenters. The van der Waals surface area contributed by atoms with E-state index in [1.54, 1.807) is 13.8 Å². The van der Waals surface area contributed by atoms with Crippen molar-refractivity contribution < 1.29 is 33.7 Å². The first-order chi connectivity index (χ1) is 13.3. The first-order valence-electron chi connectivity index (χ1n) is 8.39. The van der Waals surface area contributed by atoms with E-state index in [0.29, 0.717) is 10.8 Å². The van der Waals surface area contributed by atoms with Crippen molar-refractivity contribution in [1.82, 2.24) is 0 Å². The molecule has 1 aromatic carbocycles. The van der Waals surface area contributed by atoms with Crippen molar-refractivity contribution in [2.75, 3.05) is 25.6 Å². The first-order valence-corrected chi connectivity index (χ1v) is 9.21. The van der Waals surface area contributed by atoms with Gasteiger partial charge in [-0.25, -0.2) is 9.59 Å². The first kappa shape index (κ1) is 21.2. The summed E-state index contributed by atoms with van der Waals surface area (Å²) in [6, 6.07) is 4.08. The third-order valence-corrected chi connectivity index (χ3v) is 5.00. The minimum absolute atomic E-state index is 0.123. The summed E-state index contributed by atoms with van der Waals surface area (Å²) in [6.07, 6.45) is 0. The Balaban J connectivity index is 2.06. The van der Waals surface area contributed by atoms with Crippen LogP contribution in [0.5, 0.6) is 11.5 Å². The Labute approximate surface area is 166 Å². The minimum atomic E-state index is -0.879. The molecule has 8 nitrogen and oxygen atoms in total. The van der Waals surface area contributed by atoms with Gasteiger partial charge in [0.15, 0.2) is 6.61 Å². The predicted octanol–water partition coefficient (Wildman–Crippen LogP) is 3.05. The average Bonchev–Trinajstić information content (AvgIpc) is 2.93. The fourth-order valence-electron chi connectivity index (χ4n) is 2.34. The van der Waals surface area contributed by atoms with Crippen molar-refractivity contribution in [3.8, 4) is 11.5 Å². The summed E-state index contributed by atoms with van der Waals surface area (Å²) in [5.41, 5.74) is 0.883. The van der Waals surface area contributed by atoms with Crippen LogP contribution >= 0.6 is 11.3 Å². The Kier molecular flexibility index (Phi) is 7.00. The zero-order valence-corrected chi connectivity index (χ0v) is 16.8. The summed E-state index contributed by atoms with van der Waals surface area (Å²) in [7, 11) is 1.42. The van der Waals surface area contributed by atoms with Gasteiger partial charge in [0.2, 0.25) is 0 Å². The summed E-state index contributed by atoms with van der Waals surface area (Å²) >= 11 is 1.23. The van der Waals surface area contributed by atoms with Crippen LogP contribution in [0.15, 0.2) is 18.2 Å². The van der Waals surface area contributed by atoms with Crippen LogP contribution in [-0.4, -0.2) is 43.3 Å². The van der Waals surface area contributed by atoms with Crippen LogP contribution in [-0.2, 0) is 14.3 Å². The maximum atomic E-state index is 12.2. The molecule has 0 aliphatic rings. The fraction of sp³-hybridized carbons (Fsp3) is 0.316. The number of nitrogens with one attached hydrogen (secondary N) is 1. The highest BCUT2D eigenvalue weighted by Gasteiger charge is 2.23. The number of amides is 1. The van der Waals surface area contributed by atoms with Gasteiger partial charge >= 0.3 is 11.9 Å². The van der Waals surface area contributed by atoms with E-state index in [1.807, 2.05) is 6.92 Å². The van der Waals surface area contributed by atoms with Crippen LogP contribution in [0.2, 0.25) is 0 Å². The highest BCUT2D eigenvalue weighted by molar-refractivity contribution is 7.16. The number of phenols is 1. The van der Waals surface area contributed by atoms with Gasteiger partial charge < -0.3 is 24.6 Å². The van der Waals surface area contributed by atoms with Gasteiger partial charge in [0.1, 0.15) is 22.1 Å². The fourth-order valence-corrected chi connectivity index (χ4v) is 3.41. The van der Waals surface area contributed by atoms with Crippen molar-refractivity contribution in [1.29, 1.82) is 0 Å². The molecule has 0 aliphatic carbocycles. The maximum Gasteiger partial charge on any atom is 0.342 e. The van der Waals surface area contributed by atoms with E-state index in [9.17, 15) is 19.5 Å². The minimum Gasteiger partial charge on any atom is -0.507 e. The van der Waals surface area contributed by atoms with Gasteiger partial charge in [-0.2, -0.15) is 0 Å². The van der Waals surface area contributed by atoms with Crippen LogP contribution in [0, 0.1) is 13.8 Å². The third-order valence-electron chi connectivity index (χ3n) is 3.88. The molecule has 1 amide bonds. The Morgan fingerprint density at radius 3 is 2.50 bits per heavy atom. The number of methoxy groups -OCH3 is 1. The molecule has 0 radical (unpaired) electrons. The summed E-state index contributed by atoms with van der Waals surface area (Å²) in [4.78, 5) is 37.3. The Morgan fingerprint density at radius 1 is 1.14 bits per heavy atom. The van der Waals surface area contributed by atoms with Gasteiger partial charge in [-0.3, -0.25) is 4.79 Å². The van der Waals surface area contributed by atoms with Gasteiger partial charge in [-0.15, -0.1) is 11.3 Å². The van der Waals surface area contributed by atoms with Crippen LogP contribution in [0.25, 0.3) is 0 Å². The number of esters is 2.